The third kappa shape index (κ3) is 9.81. The zero-order valence-corrected chi connectivity index (χ0v) is 9.79. The fourth-order valence-electron chi connectivity index (χ4n) is 1.11. The topological polar surface area (TPSA) is 9.23 Å². The van der Waals surface area contributed by atoms with Crippen LogP contribution in [0.3, 0.4) is 0 Å². The molecular weight excluding hydrogens is 180 g/mol. The van der Waals surface area contributed by atoms with E-state index in [0.717, 1.165) is 30.9 Å². The Morgan fingerprint density at radius 1 is 1.00 bits per heavy atom. The van der Waals surface area contributed by atoms with Gasteiger partial charge in [0.1, 0.15) is 0 Å². The van der Waals surface area contributed by atoms with Gasteiger partial charge in [0.05, 0.1) is 6.61 Å². The summed E-state index contributed by atoms with van der Waals surface area (Å²) in [6.07, 6.45) is 8.32. The highest BCUT2D eigenvalue weighted by Crippen LogP contribution is 2.02. The van der Waals surface area contributed by atoms with Crippen LogP contribution in [-0.2, 0) is 4.74 Å². The maximum Gasteiger partial charge on any atom is 0.159 e. The highest BCUT2D eigenvalue weighted by molar-refractivity contribution is 7.80. The summed E-state index contributed by atoms with van der Waals surface area (Å²) < 4.78 is 5.42. The van der Waals surface area contributed by atoms with E-state index in [2.05, 4.69) is 13.8 Å². The Balaban J connectivity index is 3.08. The lowest BCUT2D eigenvalue weighted by molar-refractivity contribution is 0.292. The monoisotopic (exact) mass is 202 g/mol. The third-order valence-electron chi connectivity index (χ3n) is 2.00. The summed E-state index contributed by atoms with van der Waals surface area (Å²) in [7, 11) is 0. The minimum absolute atomic E-state index is 0.804. The quantitative estimate of drug-likeness (QED) is 0.433. The van der Waals surface area contributed by atoms with Gasteiger partial charge in [-0.15, -0.1) is 0 Å². The normalized spacial score (nSPS) is 10.0. The van der Waals surface area contributed by atoms with E-state index in [4.69, 9.17) is 17.0 Å². The van der Waals surface area contributed by atoms with Crippen molar-refractivity contribution in [2.75, 3.05) is 6.61 Å². The van der Waals surface area contributed by atoms with Gasteiger partial charge in [-0.05, 0) is 25.1 Å². The van der Waals surface area contributed by atoms with Crippen LogP contribution in [0.5, 0.6) is 0 Å². The molecule has 1 nitrogen and oxygen atoms in total. The van der Waals surface area contributed by atoms with Gasteiger partial charge in [0, 0.05) is 6.42 Å². The Morgan fingerprint density at radius 3 is 2.31 bits per heavy atom. The molecule has 0 spiro atoms. The zero-order chi connectivity index (χ0) is 9.94. The van der Waals surface area contributed by atoms with Gasteiger partial charge in [-0.25, -0.2) is 0 Å². The van der Waals surface area contributed by atoms with Crippen molar-refractivity contribution in [1.29, 1.82) is 0 Å². The fourth-order valence-corrected chi connectivity index (χ4v) is 1.34. The first-order valence-electron chi connectivity index (χ1n) is 5.46. The average Bonchev–Trinajstić information content (AvgIpc) is 2.14. The van der Waals surface area contributed by atoms with E-state index in [1.54, 1.807) is 0 Å². The summed E-state index contributed by atoms with van der Waals surface area (Å²) in [5.74, 6) is 0. The molecule has 0 bridgehead atoms. The van der Waals surface area contributed by atoms with Gasteiger partial charge >= 0.3 is 0 Å². The molecular formula is C11H22OS. The summed E-state index contributed by atoms with van der Waals surface area (Å²) in [4.78, 5) is 0. The third-order valence-corrected chi connectivity index (χ3v) is 2.32. The molecule has 0 aromatic heterocycles. The summed E-state index contributed by atoms with van der Waals surface area (Å²) >= 11 is 5.08. The van der Waals surface area contributed by atoms with Crippen LogP contribution in [0.15, 0.2) is 0 Å². The predicted molar refractivity (Wildman–Crippen MR) is 62.2 cm³/mol. The van der Waals surface area contributed by atoms with Crippen molar-refractivity contribution in [3.63, 3.8) is 0 Å². The molecule has 13 heavy (non-hydrogen) atoms. The molecule has 0 aliphatic heterocycles. The standard InChI is InChI=1S/C11H22OS/c1-3-5-7-8-10-12-11(13)9-6-4-2/h3-10H2,1-2H3. The first-order chi connectivity index (χ1) is 6.31. The van der Waals surface area contributed by atoms with Crippen molar-refractivity contribution in [2.24, 2.45) is 0 Å². The lowest BCUT2D eigenvalue weighted by atomic mass is 10.2. The van der Waals surface area contributed by atoms with Crippen molar-refractivity contribution in [3.8, 4) is 0 Å². The van der Waals surface area contributed by atoms with Crippen LogP contribution in [0, 0.1) is 0 Å². The van der Waals surface area contributed by atoms with Crippen LogP contribution in [-0.4, -0.2) is 11.7 Å². The summed E-state index contributed by atoms with van der Waals surface area (Å²) in [6.45, 7) is 5.21. The highest BCUT2D eigenvalue weighted by atomic mass is 32.1. The first kappa shape index (κ1) is 12.9. The molecule has 0 aliphatic carbocycles. The SMILES string of the molecule is CCCCCCOC(=S)CCCC. The van der Waals surface area contributed by atoms with Crippen LogP contribution >= 0.6 is 12.2 Å². The number of ether oxygens (including phenoxy) is 1. The largest absolute Gasteiger partial charge is 0.487 e. The number of unbranched alkanes of at least 4 members (excludes halogenated alkanes) is 4. The van der Waals surface area contributed by atoms with Gasteiger partial charge in [-0.1, -0.05) is 39.5 Å². The molecule has 0 aliphatic rings. The number of hydrogen-bond acceptors (Lipinski definition) is 2. The maximum absolute atomic E-state index is 5.42. The molecule has 0 amide bonds. The smallest absolute Gasteiger partial charge is 0.159 e. The molecule has 0 saturated carbocycles. The van der Waals surface area contributed by atoms with E-state index >= 15 is 0 Å². The first-order valence-corrected chi connectivity index (χ1v) is 5.87. The summed E-state index contributed by atoms with van der Waals surface area (Å²) in [6, 6.07) is 0. The van der Waals surface area contributed by atoms with Crippen LogP contribution in [0.1, 0.15) is 58.8 Å². The fraction of sp³-hybridized carbons (Fsp3) is 0.909. The molecule has 0 unspecified atom stereocenters. The van der Waals surface area contributed by atoms with Crippen molar-refractivity contribution >= 4 is 17.3 Å². The Morgan fingerprint density at radius 2 is 1.69 bits per heavy atom. The minimum Gasteiger partial charge on any atom is -0.487 e. The van der Waals surface area contributed by atoms with E-state index in [1.165, 1.54) is 25.7 Å². The summed E-state index contributed by atoms with van der Waals surface area (Å²) in [5.41, 5.74) is 0. The van der Waals surface area contributed by atoms with Gasteiger partial charge in [-0.2, -0.15) is 0 Å². The predicted octanol–water partition coefficient (Wildman–Crippen LogP) is 4.10. The van der Waals surface area contributed by atoms with Gasteiger partial charge < -0.3 is 4.74 Å². The molecule has 0 N–H and O–H groups in total. The lowest BCUT2D eigenvalue weighted by Crippen LogP contribution is -2.02. The minimum atomic E-state index is 0.804. The van der Waals surface area contributed by atoms with Crippen LogP contribution in [0.4, 0.5) is 0 Å². The Kier molecular flexibility index (Phi) is 9.89. The maximum atomic E-state index is 5.42. The van der Waals surface area contributed by atoms with E-state index < -0.39 is 0 Å². The van der Waals surface area contributed by atoms with Crippen molar-refractivity contribution in [3.05, 3.63) is 0 Å². The van der Waals surface area contributed by atoms with Crippen molar-refractivity contribution in [1.82, 2.24) is 0 Å². The molecule has 0 rings (SSSR count). The molecule has 0 radical (unpaired) electrons. The van der Waals surface area contributed by atoms with E-state index in [9.17, 15) is 0 Å². The van der Waals surface area contributed by atoms with Crippen molar-refractivity contribution < 1.29 is 4.74 Å². The van der Waals surface area contributed by atoms with Gasteiger partial charge in [0.25, 0.3) is 0 Å². The van der Waals surface area contributed by atoms with Crippen LogP contribution in [0.25, 0.3) is 0 Å². The highest BCUT2D eigenvalue weighted by Gasteiger charge is 1.96. The van der Waals surface area contributed by atoms with E-state index in [-0.39, 0.29) is 0 Å². The molecule has 0 atom stereocenters. The number of thiocarbonyl (C=S) groups is 1. The molecule has 0 fully saturated rings. The van der Waals surface area contributed by atoms with Gasteiger partial charge in [-0.3, -0.25) is 0 Å². The summed E-state index contributed by atoms with van der Waals surface area (Å²) in [5, 5.41) is 0.804. The average molecular weight is 202 g/mol. The second kappa shape index (κ2) is 9.97. The molecule has 0 heterocycles. The molecule has 0 saturated heterocycles. The number of rotatable bonds is 8. The Labute approximate surface area is 87.9 Å². The second-order valence-corrected chi connectivity index (χ2v) is 3.84. The molecule has 0 aromatic rings. The van der Waals surface area contributed by atoms with Crippen LogP contribution in [0.2, 0.25) is 0 Å². The number of hydrogen-bond donors (Lipinski definition) is 0. The lowest BCUT2D eigenvalue weighted by Gasteiger charge is -2.06. The van der Waals surface area contributed by atoms with Gasteiger partial charge in [0.15, 0.2) is 5.05 Å². The Hall–Kier alpha value is -0.110. The zero-order valence-electron chi connectivity index (χ0n) is 8.97. The Bertz CT molecular complexity index is 123. The van der Waals surface area contributed by atoms with E-state index in [0.29, 0.717) is 0 Å². The molecule has 2 heteroatoms. The van der Waals surface area contributed by atoms with Crippen molar-refractivity contribution in [2.45, 2.75) is 58.8 Å². The van der Waals surface area contributed by atoms with Gasteiger partial charge in [0.2, 0.25) is 0 Å². The van der Waals surface area contributed by atoms with E-state index in [1.807, 2.05) is 0 Å². The second-order valence-electron chi connectivity index (χ2n) is 3.38. The van der Waals surface area contributed by atoms with Crippen LogP contribution < -0.4 is 0 Å². The molecule has 78 valence electrons. The molecule has 0 aromatic carbocycles.